The standard InChI is InChI=1S/C18H14Br4N2O6/c1-28-14-5-11(20)4-13(22)18(14)29-7-15(25)24-23-6-9-2-10(19)3-12(21)17(9)30-8-16(26)27/h2-6H,7-8H2,1H3,(H,24,25)(H,26,27)/b23-6+. The molecule has 8 nitrogen and oxygen atoms in total. The van der Waals surface area contributed by atoms with E-state index in [1.165, 1.54) is 13.3 Å². The van der Waals surface area contributed by atoms with Gasteiger partial charge in [-0.3, -0.25) is 4.79 Å². The molecule has 0 aliphatic carbocycles. The number of halogens is 4. The van der Waals surface area contributed by atoms with Gasteiger partial charge in [-0.1, -0.05) is 31.9 Å². The molecule has 1 amide bonds. The summed E-state index contributed by atoms with van der Waals surface area (Å²) in [5.74, 6) is -0.525. The molecule has 0 radical (unpaired) electrons. The Morgan fingerprint density at radius 3 is 2.23 bits per heavy atom. The average molecular weight is 674 g/mol. The van der Waals surface area contributed by atoms with Crippen molar-refractivity contribution in [1.82, 2.24) is 5.43 Å². The minimum Gasteiger partial charge on any atom is -0.493 e. The Morgan fingerprint density at radius 1 is 1.00 bits per heavy atom. The first kappa shape index (κ1) is 24.6. The first-order chi connectivity index (χ1) is 14.2. The van der Waals surface area contributed by atoms with Crippen molar-refractivity contribution in [1.29, 1.82) is 0 Å². The van der Waals surface area contributed by atoms with Crippen molar-refractivity contribution in [2.24, 2.45) is 5.10 Å². The van der Waals surface area contributed by atoms with Crippen LogP contribution in [0.3, 0.4) is 0 Å². The number of hydrazone groups is 1. The van der Waals surface area contributed by atoms with Crippen molar-refractivity contribution in [3.8, 4) is 17.2 Å². The van der Waals surface area contributed by atoms with Crippen LogP contribution >= 0.6 is 63.7 Å². The first-order valence-electron chi connectivity index (χ1n) is 8.02. The summed E-state index contributed by atoms with van der Waals surface area (Å²) in [6.45, 7) is -0.830. The summed E-state index contributed by atoms with van der Waals surface area (Å²) in [7, 11) is 1.49. The van der Waals surface area contributed by atoms with Gasteiger partial charge in [0.1, 0.15) is 5.75 Å². The molecule has 2 rings (SSSR count). The summed E-state index contributed by atoms with van der Waals surface area (Å²) in [5, 5.41) is 12.7. The lowest BCUT2D eigenvalue weighted by molar-refractivity contribution is -0.139. The van der Waals surface area contributed by atoms with Crippen LogP contribution < -0.4 is 19.6 Å². The number of benzene rings is 2. The summed E-state index contributed by atoms with van der Waals surface area (Å²) >= 11 is 13.3. The summed E-state index contributed by atoms with van der Waals surface area (Å²) in [4.78, 5) is 22.8. The van der Waals surface area contributed by atoms with E-state index in [0.29, 0.717) is 30.5 Å². The number of nitrogens with zero attached hydrogens (tertiary/aromatic N) is 1. The van der Waals surface area contributed by atoms with E-state index in [1.54, 1.807) is 24.3 Å². The fourth-order valence-corrected chi connectivity index (χ4v) is 4.81. The number of carbonyl (C=O) groups excluding carboxylic acids is 1. The van der Waals surface area contributed by atoms with E-state index < -0.39 is 18.5 Å². The topological polar surface area (TPSA) is 106 Å². The fraction of sp³-hybridized carbons (Fsp3) is 0.167. The third-order valence-electron chi connectivity index (χ3n) is 3.31. The molecular formula is C18H14Br4N2O6. The molecule has 0 unspecified atom stereocenters. The molecule has 0 spiro atoms. The van der Waals surface area contributed by atoms with E-state index >= 15 is 0 Å². The second kappa shape index (κ2) is 11.7. The van der Waals surface area contributed by atoms with Gasteiger partial charge in [0, 0.05) is 14.5 Å². The molecule has 0 saturated carbocycles. The molecule has 12 heteroatoms. The lowest BCUT2D eigenvalue weighted by Crippen LogP contribution is -2.24. The van der Waals surface area contributed by atoms with Crippen LogP contribution in [0.25, 0.3) is 0 Å². The average Bonchev–Trinajstić information content (AvgIpc) is 2.65. The summed E-state index contributed by atoms with van der Waals surface area (Å²) < 4.78 is 18.7. The van der Waals surface area contributed by atoms with Crippen LogP contribution in [0.15, 0.2) is 47.3 Å². The van der Waals surface area contributed by atoms with Gasteiger partial charge in [-0.05, 0) is 56.1 Å². The van der Waals surface area contributed by atoms with Crippen molar-refractivity contribution in [2.75, 3.05) is 20.3 Å². The number of hydrogen-bond donors (Lipinski definition) is 2. The highest BCUT2D eigenvalue weighted by molar-refractivity contribution is 9.11. The van der Waals surface area contributed by atoms with Crippen molar-refractivity contribution in [3.63, 3.8) is 0 Å². The molecule has 0 aliphatic rings. The monoisotopic (exact) mass is 670 g/mol. The Labute approximate surface area is 205 Å². The molecule has 30 heavy (non-hydrogen) atoms. The number of hydrogen-bond acceptors (Lipinski definition) is 6. The number of amides is 1. The van der Waals surface area contributed by atoms with Crippen LogP contribution in [0, 0.1) is 0 Å². The molecule has 0 fully saturated rings. The van der Waals surface area contributed by atoms with Crippen LogP contribution in [0.1, 0.15) is 5.56 Å². The van der Waals surface area contributed by atoms with Crippen molar-refractivity contribution >= 4 is 81.8 Å². The van der Waals surface area contributed by atoms with Crippen LogP contribution in [-0.4, -0.2) is 43.5 Å². The summed E-state index contributed by atoms with van der Waals surface area (Å²) in [6, 6.07) is 6.83. The molecule has 0 saturated heterocycles. The van der Waals surface area contributed by atoms with Gasteiger partial charge in [-0.25, -0.2) is 10.2 Å². The zero-order valence-electron chi connectivity index (χ0n) is 15.2. The van der Waals surface area contributed by atoms with Crippen LogP contribution in [-0.2, 0) is 9.59 Å². The second-order valence-electron chi connectivity index (χ2n) is 5.49. The van der Waals surface area contributed by atoms with E-state index in [-0.39, 0.29) is 12.4 Å². The zero-order valence-corrected chi connectivity index (χ0v) is 21.6. The van der Waals surface area contributed by atoms with E-state index in [9.17, 15) is 9.59 Å². The van der Waals surface area contributed by atoms with Gasteiger partial charge in [0.15, 0.2) is 24.7 Å². The van der Waals surface area contributed by atoms with Gasteiger partial charge in [-0.15, -0.1) is 0 Å². The summed E-state index contributed by atoms with van der Waals surface area (Å²) in [6.07, 6.45) is 1.33. The molecule has 0 aromatic heterocycles. The maximum absolute atomic E-state index is 12.1. The first-order valence-corrected chi connectivity index (χ1v) is 11.2. The Hall–Kier alpha value is -1.63. The number of rotatable bonds is 9. The third-order valence-corrected chi connectivity index (χ3v) is 5.41. The van der Waals surface area contributed by atoms with Gasteiger partial charge in [0.05, 0.1) is 22.3 Å². The Morgan fingerprint density at radius 2 is 1.60 bits per heavy atom. The number of carboxylic acid groups (broad SMARTS) is 1. The maximum atomic E-state index is 12.1. The fourth-order valence-electron chi connectivity index (χ4n) is 2.13. The lowest BCUT2D eigenvalue weighted by Gasteiger charge is -2.12. The van der Waals surface area contributed by atoms with Crippen LogP contribution in [0.2, 0.25) is 0 Å². The smallest absolute Gasteiger partial charge is 0.341 e. The van der Waals surface area contributed by atoms with Gasteiger partial charge in [0.25, 0.3) is 5.91 Å². The van der Waals surface area contributed by atoms with Gasteiger partial charge in [0.2, 0.25) is 0 Å². The molecule has 2 aromatic carbocycles. The molecule has 2 aromatic rings. The number of aliphatic carboxylic acids is 1. The minimum atomic E-state index is -1.12. The predicted octanol–water partition coefficient (Wildman–Crippen LogP) is 4.74. The number of methoxy groups -OCH3 is 1. The van der Waals surface area contributed by atoms with Gasteiger partial charge < -0.3 is 19.3 Å². The lowest BCUT2D eigenvalue weighted by atomic mass is 10.2. The molecule has 0 atom stereocenters. The highest BCUT2D eigenvalue weighted by Crippen LogP contribution is 2.38. The molecular weight excluding hydrogens is 660 g/mol. The van der Waals surface area contributed by atoms with Gasteiger partial charge >= 0.3 is 5.97 Å². The third kappa shape index (κ3) is 7.25. The van der Waals surface area contributed by atoms with Gasteiger partial charge in [-0.2, -0.15) is 5.10 Å². The molecule has 0 heterocycles. The maximum Gasteiger partial charge on any atom is 0.341 e. The normalized spacial score (nSPS) is 10.7. The zero-order chi connectivity index (χ0) is 22.3. The number of nitrogens with one attached hydrogen (secondary N) is 1. The Bertz CT molecular complexity index is 984. The molecule has 2 N–H and O–H groups in total. The van der Waals surface area contributed by atoms with Crippen LogP contribution in [0.4, 0.5) is 0 Å². The Balaban J connectivity index is 2.04. The van der Waals surface area contributed by atoms with Crippen molar-refractivity contribution in [3.05, 3.63) is 47.7 Å². The van der Waals surface area contributed by atoms with E-state index in [0.717, 1.165) is 4.47 Å². The summed E-state index contributed by atoms with van der Waals surface area (Å²) in [5.41, 5.74) is 2.79. The number of carbonyl (C=O) groups is 2. The van der Waals surface area contributed by atoms with E-state index in [4.69, 9.17) is 19.3 Å². The van der Waals surface area contributed by atoms with E-state index in [2.05, 4.69) is 74.2 Å². The van der Waals surface area contributed by atoms with E-state index in [1.807, 2.05) is 0 Å². The molecule has 0 aliphatic heterocycles. The van der Waals surface area contributed by atoms with Crippen LogP contribution in [0.5, 0.6) is 17.2 Å². The minimum absolute atomic E-state index is 0.276. The van der Waals surface area contributed by atoms with Crippen molar-refractivity contribution in [2.45, 2.75) is 0 Å². The van der Waals surface area contributed by atoms with Crippen molar-refractivity contribution < 1.29 is 28.9 Å². The quantitative estimate of drug-likeness (QED) is 0.295. The predicted molar refractivity (Wildman–Crippen MR) is 125 cm³/mol. The Kier molecular flexibility index (Phi) is 9.59. The highest BCUT2D eigenvalue weighted by atomic mass is 79.9. The number of ether oxygens (including phenoxy) is 3. The highest BCUT2D eigenvalue weighted by Gasteiger charge is 2.13. The molecule has 0 bridgehead atoms. The second-order valence-corrected chi connectivity index (χ2v) is 9.03. The molecule has 160 valence electrons. The SMILES string of the molecule is COc1cc(Br)cc(Br)c1OCC(=O)N/N=C/c1cc(Br)cc(Br)c1OCC(=O)O. The number of carboxylic acids is 1. The largest absolute Gasteiger partial charge is 0.493 e.